The summed E-state index contributed by atoms with van der Waals surface area (Å²) in [6.07, 6.45) is 4.60. The molecule has 0 spiro atoms. The molecule has 0 aliphatic heterocycles. The van der Waals surface area contributed by atoms with Gasteiger partial charge in [0.1, 0.15) is 23.8 Å². The predicted octanol–water partition coefficient (Wildman–Crippen LogP) is 8.37. The fourth-order valence-electron chi connectivity index (χ4n) is 4.68. The highest BCUT2D eigenvalue weighted by Crippen LogP contribution is 2.29. The van der Waals surface area contributed by atoms with E-state index in [1.54, 1.807) is 42.2 Å². The van der Waals surface area contributed by atoms with Crippen molar-refractivity contribution >= 4 is 17.5 Å². The SMILES string of the molecule is CCCCCCCN(Cc1ccc(OCOCC(C)O)cc1)C(=O)Nc1c(F)cccc1OCc1ccc(C(=O)C(C)(C)C)cc1. The summed E-state index contributed by atoms with van der Waals surface area (Å²) in [6, 6.07) is 18.5. The third kappa shape index (κ3) is 12.1. The van der Waals surface area contributed by atoms with Crippen molar-refractivity contribution in [2.75, 3.05) is 25.3 Å². The van der Waals surface area contributed by atoms with Crippen LogP contribution in [0.5, 0.6) is 11.5 Å². The predicted molar refractivity (Wildman–Crippen MR) is 179 cm³/mol. The molecule has 3 aromatic carbocycles. The van der Waals surface area contributed by atoms with Gasteiger partial charge < -0.3 is 29.5 Å². The minimum atomic E-state index is -0.598. The minimum Gasteiger partial charge on any atom is -0.487 e. The van der Waals surface area contributed by atoms with Crippen LogP contribution in [0.2, 0.25) is 0 Å². The first-order valence-corrected chi connectivity index (χ1v) is 16.1. The number of unbranched alkanes of at least 4 members (excludes halogenated alkanes) is 4. The lowest BCUT2D eigenvalue weighted by atomic mass is 9.86. The fraction of sp³-hybridized carbons (Fsp3) is 0.459. The molecule has 0 aromatic heterocycles. The lowest BCUT2D eigenvalue weighted by Crippen LogP contribution is -2.35. The molecule has 1 atom stereocenters. The highest BCUT2D eigenvalue weighted by molar-refractivity contribution is 5.99. The Bertz CT molecular complexity index is 1370. The number of nitrogens with one attached hydrogen (secondary N) is 1. The highest BCUT2D eigenvalue weighted by Gasteiger charge is 2.23. The number of amides is 2. The molecule has 0 aliphatic rings. The number of para-hydroxylation sites is 1. The number of benzene rings is 3. The normalized spacial score (nSPS) is 12.0. The minimum absolute atomic E-state index is 0.0196. The topological polar surface area (TPSA) is 97.3 Å². The zero-order valence-corrected chi connectivity index (χ0v) is 27.8. The first kappa shape index (κ1) is 36.5. The van der Waals surface area contributed by atoms with Gasteiger partial charge in [-0.25, -0.2) is 9.18 Å². The lowest BCUT2D eigenvalue weighted by molar-refractivity contribution is -0.0243. The van der Waals surface area contributed by atoms with Gasteiger partial charge in [0.2, 0.25) is 0 Å². The van der Waals surface area contributed by atoms with Gasteiger partial charge in [-0.1, -0.05) is 95.8 Å². The number of rotatable bonds is 18. The Labute approximate surface area is 272 Å². The molecule has 2 N–H and O–H groups in total. The zero-order valence-electron chi connectivity index (χ0n) is 27.8. The number of aliphatic hydroxyl groups is 1. The molecule has 0 saturated heterocycles. The van der Waals surface area contributed by atoms with E-state index in [9.17, 15) is 14.7 Å². The van der Waals surface area contributed by atoms with Gasteiger partial charge in [-0.05, 0) is 48.7 Å². The number of nitrogens with zero attached hydrogens (tertiary/aromatic N) is 1. The van der Waals surface area contributed by atoms with E-state index in [0.29, 0.717) is 24.4 Å². The number of halogens is 1. The summed E-state index contributed by atoms with van der Waals surface area (Å²) >= 11 is 0. The first-order valence-electron chi connectivity index (χ1n) is 16.1. The van der Waals surface area contributed by atoms with E-state index in [1.807, 2.05) is 45.0 Å². The van der Waals surface area contributed by atoms with E-state index < -0.39 is 23.4 Å². The van der Waals surface area contributed by atoms with E-state index in [0.717, 1.165) is 43.2 Å². The number of Topliss-reactive ketones (excluding diaryl/α,β-unsaturated/α-hetero) is 1. The van der Waals surface area contributed by atoms with Crippen molar-refractivity contribution in [3.63, 3.8) is 0 Å². The van der Waals surface area contributed by atoms with Crippen molar-refractivity contribution < 1.29 is 33.3 Å². The average molecular weight is 637 g/mol. The maximum atomic E-state index is 15.1. The van der Waals surface area contributed by atoms with Gasteiger partial charge in [-0.3, -0.25) is 4.79 Å². The van der Waals surface area contributed by atoms with Gasteiger partial charge in [0.15, 0.2) is 18.4 Å². The Kier molecular flexibility index (Phi) is 14.5. The highest BCUT2D eigenvalue weighted by atomic mass is 19.1. The van der Waals surface area contributed by atoms with Gasteiger partial charge in [-0.2, -0.15) is 0 Å². The van der Waals surface area contributed by atoms with Crippen molar-refractivity contribution in [1.82, 2.24) is 4.90 Å². The summed E-state index contributed by atoms with van der Waals surface area (Å²) in [7, 11) is 0. The molecule has 3 aromatic rings. The number of hydrogen-bond acceptors (Lipinski definition) is 6. The quantitative estimate of drug-likeness (QED) is 0.0827. The largest absolute Gasteiger partial charge is 0.487 e. The number of hydrogen-bond donors (Lipinski definition) is 2. The van der Waals surface area contributed by atoms with Crippen LogP contribution in [0.15, 0.2) is 66.7 Å². The number of anilines is 1. The van der Waals surface area contributed by atoms with E-state index in [-0.39, 0.29) is 37.2 Å². The van der Waals surface area contributed by atoms with Gasteiger partial charge in [0.05, 0.1) is 12.7 Å². The Morgan fingerprint density at radius 1 is 0.913 bits per heavy atom. The van der Waals surface area contributed by atoms with Gasteiger partial charge in [-0.15, -0.1) is 0 Å². The molecule has 9 heteroatoms. The van der Waals surface area contributed by atoms with Crippen molar-refractivity contribution in [1.29, 1.82) is 0 Å². The van der Waals surface area contributed by atoms with Crippen LogP contribution in [0.25, 0.3) is 0 Å². The second kappa shape index (κ2) is 18.3. The molecular weight excluding hydrogens is 587 g/mol. The number of aliphatic hydroxyl groups excluding tert-OH is 1. The fourth-order valence-corrected chi connectivity index (χ4v) is 4.68. The number of carbonyl (C=O) groups is 2. The van der Waals surface area contributed by atoms with Crippen molar-refractivity contribution in [3.8, 4) is 11.5 Å². The lowest BCUT2D eigenvalue weighted by Gasteiger charge is -2.24. The third-order valence-corrected chi connectivity index (χ3v) is 7.28. The molecule has 1 unspecified atom stereocenters. The molecule has 46 heavy (non-hydrogen) atoms. The smallest absolute Gasteiger partial charge is 0.322 e. The number of urea groups is 1. The van der Waals surface area contributed by atoms with Crippen LogP contribution in [-0.4, -0.2) is 47.9 Å². The van der Waals surface area contributed by atoms with E-state index >= 15 is 4.39 Å². The summed E-state index contributed by atoms with van der Waals surface area (Å²) in [5, 5.41) is 12.1. The molecule has 0 heterocycles. The van der Waals surface area contributed by atoms with Crippen molar-refractivity contribution in [2.24, 2.45) is 5.41 Å². The van der Waals surface area contributed by atoms with Crippen LogP contribution in [0.4, 0.5) is 14.9 Å². The zero-order chi connectivity index (χ0) is 33.5. The van der Waals surface area contributed by atoms with E-state index in [1.165, 1.54) is 12.1 Å². The van der Waals surface area contributed by atoms with Crippen LogP contribution in [-0.2, 0) is 17.9 Å². The molecule has 2 amide bonds. The Balaban J connectivity index is 1.68. The first-order chi connectivity index (χ1) is 22.0. The van der Waals surface area contributed by atoms with Crippen LogP contribution >= 0.6 is 0 Å². The van der Waals surface area contributed by atoms with Crippen LogP contribution in [0.1, 0.15) is 88.2 Å². The Morgan fingerprint density at radius 2 is 1.59 bits per heavy atom. The third-order valence-electron chi connectivity index (χ3n) is 7.28. The number of carbonyl (C=O) groups excluding carboxylic acids is 2. The molecule has 8 nitrogen and oxygen atoms in total. The summed E-state index contributed by atoms with van der Waals surface area (Å²) in [4.78, 5) is 27.8. The standard InChI is InChI=1S/C37H49FN2O6/c1-6-7-8-9-10-22-40(23-28-16-20-31(21-17-28)46-26-44-24-27(2)41)36(43)39-34-32(38)12-11-13-33(34)45-25-29-14-18-30(19-15-29)35(42)37(3,4)5/h11-21,27,41H,6-10,22-26H2,1-5H3,(H,39,43). The molecular formula is C37H49FN2O6. The molecule has 0 saturated carbocycles. The number of ketones is 1. The molecule has 0 aliphatic carbocycles. The Hall–Kier alpha value is -3.95. The monoisotopic (exact) mass is 636 g/mol. The maximum Gasteiger partial charge on any atom is 0.322 e. The molecule has 0 bridgehead atoms. The van der Waals surface area contributed by atoms with E-state index in [4.69, 9.17) is 14.2 Å². The Morgan fingerprint density at radius 3 is 2.24 bits per heavy atom. The summed E-state index contributed by atoms with van der Waals surface area (Å²) in [6.45, 7) is 10.6. The molecule has 0 fully saturated rings. The van der Waals surface area contributed by atoms with Crippen molar-refractivity contribution in [2.45, 2.75) is 86.0 Å². The van der Waals surface area contributed by atoms with Crippen molar-refractivity contribution in [3.05, 3.63) is 89.2 Å². The summed E-state index contributed by atoms with van der Waals surface area (Å²) in [5.74, 6) is 0.269. The number of ether oxygens (including phenoxy) is 3. The molecule has 0 radical (unpaired) electrons. The summed E-state index contributed by atoms with van der Waals surface area (Å²) < 4.78 is 31.9. The van der Waals surface area contributed by atoms with Crippen LogP contribution in [0.3, 0.4) is 0 Å². The second-order valence-electron chi connectivity index (χ2n) is 12.6. The molecule has 250 valence electrons. The van der Waals surface area contributed by atoms with Gasteiger partial charge >= 0.3 is 6.03 Å². The van der Waals surface area contributed by atoms with Gasteiger partial charge in [0.25, 0.3) is 0 Å². The second-order valence-corrected chi connectivity index (χ2v) is 12.6. The molecule has 3 rings (SSSR count). The van der Waals surface area contributed by atoms with Crippen LogP contribution in [0, 0.1) is 11.2 Å². The average Bonchev–Trinajstić information content (AvgIpc) is 3.02. The van der Waals surface area contributed by atoms with Gasteiger partial charge in [0, 0.05) is 24.1 Å². The van der Waals surface area contributed by atoms with Crippen LogP contribution < -0.4 is 14.8 Å². The van der Waals surface area contributed by atoms with E-state index in [2.05, 4.69) is 12.2 Å². The maximum absolute atomic E-state index is 15.1. The summed E-state index contributed by atoms with van der Waals surface area (Å²) in [5.41, 5.74) is 1.81.